The van der Waals surface area contributed by atoms with Crippen LogP contribution in [0.1, 0.15) is 19.7 Å². The van der Waals surface area contributed by atoms with Crippen molar-refractivity contribution >= 4 is 11.5 Å². The lowest BCUT2D eigenvalue weighted by molar-refractivity contribution is 0.325. The van der Waals surface area contributed by atoms with Gasteiger partial charge in [-0.2, -0.15) is 10.1 Å². The van der Waals surface area contributed by atoms with E-state index in [2.05, 4.69) is 20.4 Å². The largest absolute Gasteiger partial charge is 0.478 e. The molecular weight excluding hydrogens is 230 g/mol. The molecule has 0 saturated heterocycles. The Kier molecular flexibility index (Phi) is 3.76. The number of nitrogens with zero attached hydrogens (tertiary/aromatic N) is 4. The van der Waals surface area contributed by atoms with E-state index in [0.717, 1.165) is 12.2 Å². The summed E-state index contributed by atoms with van der Waals surface area (Å²) in [5.41, 5.74) is 0.900. The molecule has 0 aliphatic rings. The van der Waals surface area contributed by atoms with Crippen LogP contribution in [0.3, 0.4) is 0 Å². The highest BCUT2D eigenvalue weighted by Gasteiger charge is 2.04. The quantitative estimate of drug-likeness (QED) is 0.877. The second-order valence-electron chi connectivity index (χ2n) is 3.78. The van der Waals surface area contributed by atoms with Gasteiger partial charge in [0.2, 0.25) is 5.88 Å². The van der Waals surface area contributed by atoms with Crippen LogP contribution >= 0.6 is 0 Å². The fourth-order valence-corrected chi connectivity index (χ4v) is 1.58. The minimum absolute atomic E-state index is 0.579. The second kappa shape index (κ2) is 5.48. The Morgan fingerprint density at radius 1 is 1.33 bits per heavy atom. The molecule has 0 amide bonds. The molecule has 6 heteroatoms. The summed E-state index contributed by atoms with van der Waals surface area (Å²) in [5, 5.41) is 7.38. The van der Waals surface area contributed by atoms with Crippen molar-refractivity contribution < 1.29 is 4.74 Å². The molecule has 18 heavy (non-hydrogen) atoms. The fraction of sp³-hybridized carbons (Fsp3) is 0.417. The van der Waals surface area contributed by atoms with Gasteiger partial charge in [-0.15, -0.1) is 0 Å². The third kappa shape index (κ3) is 2.97. The number of hydrogen-bond donors (Lipinski definition) is 1. The molecule has 0 aromatic carbocycles. The molecule has 0 aliphatic carbocycles. The van der Waals surface area contributed by atoms with E-state index in [1.165, 1.54) is 0 Å². The average molecular weight is 247 g/mol. The molecular formula is C12H17N5O. The van der Waals surface area contributed by atoms with Crippen LogP contribution in [0.15, 0.2) is 18.5 Å². The molecule has 2 aromatic heterocycles. The third-order valence-corrected chi connectivity index (χ3v) is 2.34. The summed E-state index contributed by atoms with van der Waals surface area (Å²) in [7, 11) is 0. The third-order valence-electron chi connectivity index (χ3n) is 2.34. The van der Waals surface area contributed by atoms with Crippen LogP contribution in [0.5, 0.6) is 5.88 Å². The average Bonchev–Trinajstić information content (AvgIpc) is 2.76. The fourth-order valence-electron chi connectivity index (χ4n) is 1.58. The molecule has 2 rings (SSSR count). The van der Waals surface area contributed by atoms with Gasteiger partial charge in [-0.05, 0) is 20.8 Å². The topological polar surface area (TPSA) is 64.9 Å². The molecule has 96 valence electrons. The lowest BCUT2D eigenvalue weighted by atomic mass is 10.4. The second-order valence-corrected chi connectivity index (χ2v) is 3.78. The lowest BCUT2D eigenvalue weighted by Crippen LogP contribution is -2.01. The predicted molar refractivity (Wildman–Crippen MR) is 69.1 cm³/mol. The number of nitrogens with one attached hydrogen (secondary N) is 1. The van der Waals surface area contributed by atoms with Gasteiger partial charge in [-0.3, -0.25) is 4.68 Å². The van der Waals surface area contributed by atoms with Crippen molar-refractivity contribution in [2.24, 2.45) is 0 Å². The van der Waals surface area contributed by atoms with E-state index in [-0.39, 0.29) is 0 Å². The predicted octanol–water partition coefficient (Wildman–Crippen LogP) is 2.14. The van der Waals surface area contributed by atoms with Crippen LogP contribution in [0.4, 0.5) is 11.5 Å². The van der Waals surface area contributed by atoms with E-state index >= 15 is 0 Å². The Balaban J connectivity index is 2.17. The number of hydrogen-bond acceptors (Lipinski definition) is 5. The minimum Gasteiger partial charge on any atom is -0.478 e. The van der Waals surface area contributed by atoms with Crippen LogP contribution in [0.25, 0.3) is 0 Å². The van der Waals surface area contributed by atoms with Crippen LogP contribution in [-0.4, -0.2) is 26.4 Å². The van der Waals surface area contributed by atoms with Gasteiger partial charge in [0.1, 0.15) is 11.6 Å². The number of aryl methyl sites for hydroxylation is 2. The summed E-state index contributed by atoms with van der Waals surface area (Å²) < 4.78 is 7.23. The number of aromatic nitrogens is 4. The molecule has 0 bridgehead atoms. The first kappa shape index (κ1) is 12.3. The molecule has 0 unspecified atom stereocenters. The van der Waals surface area contributed by atoms with Gasteiger partial charge in [0.15, 0.2) is 0 Å². The van der Waals surface area contributed by atoms with Gasteiger partial charge < -0.3 is 10.1 Å². The molecule has 6 nitrogen and oxygen atoms in total. The molecule has 0 radical (unpaired) electrons. The molecule has 0 fully saturated rings. The summed E-state index contributed by atoms with van der Waals surface area (Å²) in [6.45, 7) is 7.23. The lowest BCUT2D eigenvalue weighted by Gasteiger charge is -2.07. The van der Waals surface area contributed by atoms with Crippen LogP contribution in [0, 0.1) is 6.92 Å². The van der Waals surface area contributed by atoms with Crippen molar-refractivity contribution in [3.8, 4) is 5.88 Å². The zero-order valence-corrected chi connectivity index (χ0v) is 10.8. The van der Waals surface area contributed by atoms with E-state index in [4.69, 9.17) is 4.74 Å². The van der Waals surface area contributed by atoms with Crippen molar-refractivity contribution in [2.75, 3.05) is 11.9 Å². The first-order valence-electron chi connectivity index (χ1n) is 5.99. The Hall–Kier alpha value is -2.11. The van der Waals surface area contributed by atoms with Gasteiger partial charge in [-0.25, -0.2) is 4.98 Å². The normalized spacial score (nSPS) is 10.4. The molecule has 0 atom stereocenters. The maximum Gasteiger partial charge on any atom is 0.218 e. The zero-order chi connectivity index (χ0) is 13.0. The Bertz CT molecular complexity index is 523. The maximum atomic E-state index is 5.38. The van der Waals surface area contributed by atoms with Crippen molar-refractivity contribution in [3.05, 3.63) is 24.3 Å². The highest BCUT2D eigenvalue weighted by molar-refractivity contribution is 5.54. The van der Waals surface area contributed by atoms with Gasteiger partial charge in [0.25, 0.3) is 0 Å². The highest BCUT2D eigenvalue weighted by Crippen LogP contribution is 2.18. The zero-order valence-electron chi connectivity index (χ0n) is 10.8. The van der Waals surface area contributed by atoms with Crippen LogP contribution in [-0.2, 0) is 6.54 Å². The smallest absolute Gasteiger partial charge is 0.218 e. The standard InChI is InChI=1S/C12H17N5O/c1-4-17-8-10(7-13-17)16-11-6-12(18-5-2)15-9(3)14-11/h6-8H,4-5H2,1-3H3,(H,14,15,16). The molecule has 0 spiro atoms. The summed E-state index contributed by atoms with van der Waals surface area (Å²) in [6, 6.07) is 1.78. The van der Waals surface area contributed by atoms with Gasteiger partial charge >= 0.3 is 0 Å². The highest BCUT2D eigenvalue weighted by atomic mass is 16.5. The molecule has 1 N–H and O–H groups in total. The SMILES string of the molecule is CCOc1cc(Nc2cnn(CC)c2)nc(C)n1. The van der Waals surface area contributed by atoms with Crippen LogP contribution in [0.2, 0.25) is 0 Å². The molecule has 0 saturated carbocycles. The van der Waals surface area contributed by atoms with E-state index in [1.807, 2.05) is 31.6 Å². The van der Waals surface area contributed by atoms with E-state index < -0.39 is 0 Å². The Morgan fingerprint density at radius 3 is 2.83 bits per heavy atom. The van der Waals surface area contributed by atoms with Crippen molar-refractivity contribution in [1.82, 2.24) is 19.7 Å². The maximum absolute atomic E-state index is 5.38. The van der Waals surface area contributed by atoms with Crippen molar-refractivity contribution in [3.63, 3.8) is 0 Å². The molecule has 0 aliphatic heterocycles. The minimum atomic E-state index is 0.579. The Morgan fingerprint density at radius 2 is 2.17 bits per heavy atom. The van der Waals surface area contributed by atoms with Crippen molar-refractivity contribution in [1.29, 1.82) is 0 Å². The van der Waals surface area contributed by atoms with Gasteiger partial charge in [0.05, 0.1) is 18.5 Å². The van der Waals surface area contributed by atoms with Crippen molar-refractivity contribution in [2.45, 2.75) is 27.3 Å². The van der Waals surface area contributed by atoms with Gasteiger partial charge in [0, 0.05) is 18.8 Å². The van der Waals surface area contributed by atoms with E-state index in [0.29, 0.717) is 24.1 Å². The first-order chi connectivity index (χ1) is 8.71. The summed E-state index contributed by atoms with van der Waals surface area (Å²) in [6.07, 6.45) is 3.69. The number of rotatable bonds is 5. The summed E-state index contributed by atoms with van der Waals surface area (Å²) >= 11 is 0. The van der Waals surface area contributed by atoms with Gasteiger partial charge in [-0.1, -0.05) is 0 Å². The summed E-state index contributed by atoms with van der Waals surface area (Å²) in [5.74, 6) is 1.96. The van der Waals surface area contributed by atoms with E-state index in [9.17, 15) is 0 Å². The number of ether oxygens (including phenoxy) is 1. The molecule has 2 heterocycles. The summed E-state index contributed by atoms with van der Waals surface area (Å²) in [4.78, 5) is 8.50. The number of anilines is 2. The molecule has 2 aromatic rings. The monoisotopic (exact) mass is 247 g/mol. The first-order valence-corrected chi connectivity index (χ1v) is 5.99. The van der Waals surface area contributed by atoms with E-state index in [1.54, 1.807) is 12.3 Å². The Labute approximate surface area is 106 Å². The van der Waals surface area contributed by atoms with Crippen LogP contribution < -0.4 is 10.1 Å².